The molecular formula is C30H31N7O6. The Bertz CT molecular complexity index is 1570. The van der Waals surface area contributed by atoms with Gasteiger partial charge in [-0.05, 0) is 45.0 Å². The van der Waals surface area contributed by atoms with E-state index in [9.17, 15) is 19.2 Å². The van der Waals surface area contributed by atoms with Crippen LogP contribution < -0.4 is 20.3 Å². The molecule has 0 radical (unpaired) electrons. The van der Waals surface area contributed by atoms with Gasteiger partial charge in [0.25, 0.3) is 0 Å². The molecule has 0 saturated heterocycles. The number of esters is 1. The number of aromatic nitrogens is 4. The minimum atomic E-state index is -0.799. The lowest BCUT2D eigenvalue weighted by Gasteiger charge is -2.27. The molecule has 3 N–H and O–H groups in total. The van der Waals surface area contributed by atoms with E-state index in [1.165, 1.54) is 0 Å². The van der Waals surface area contributed by atoms with E-state index in [1.807, 2.05) is 0 Å². The molecule has 4 aromatic rings. The Hall–Kier alpha value is -5.59. The number of benzene rings is 3. The number of hydrogen-bond acceptors (Lipinski definition) is 9. The molecule has 0 fully saturated rings. The molecule has 222 valence electrons. The second-order valence-electron chi connectivity index (χ2n) is 10.2. The van der Waals surface area contributed by atoms with E-state index >= 15 is 0 Å². The van der Waals surface area contributed by atoms with Gasteiger partial charge in [0.05, 0.1) is 12.2 Å². The molecular weight excluding hydrogens is 554 g/mol. The number of carbonyl (C=O) groups excluding carboxylic acids is 4. The topological polar surface area (TPSA) is 168 Å². The average molecular weight is 586 g/mol. The molecule has 0 bridgehead atoms. The number of amides is 3. The molecule has 0 aliphatic heterocycles. The molecule has 3 aromatic carbocycles. The third-order valence-corrected chi connectivity index (χ3v) is 5.73. The number of ether oxygens (including phenoxy) is 2. The highest BCUT2D eigenvalue weighted by Gasteiger charge is 2.27. The Labute approximate surface area is 247 Å². The van der Waals surface area contributed by atoms with E-state index in [2.05, 4.69) is 31.3 Å². The first-order chi connectivity index (χ1) is 20.6. The zero-order valence-electron chi connectivity index (χ0n) is 23.9. The van der Waals surface area contributed by atoms with Crippen molar-refractivity contribution < 1.29 is 28.7 Å². The lowest BCUT2D eigenvalue weighted by Crippen LogP contribution is -2.45. The van der Waals surface area contributed by atoms with Crippen LogP contribution >= 0.6 is 0 Å². The summed E-state index contributed by atoms with van der Waals surface area (Å²) >= 11 is 0. The van der Waals surface area contributed by atoms with Crippen molar-refractivity contribution >= 4 is 35.1 Å². The zero-order chi connectivity index (χ0) is 30.8. The van der Waals surface area contributed by atoms with Gasteiger partial charge in [-0.25, -0.2) is 4.79 Å². The number of urea groups is 1. The van der Waals surface area contributed by atoms with Gasteiger partial charge in [-0.1, -0.05) is 53.7 Å². The summed E-state index contributed by atoms with van der Waals surface area (Å²) in [5, 5.41) is 18.6. The fourth-order valence-corrected chi connectivity index (χ4v) is 3.94. The van der Waals surface area contributed by atoms with E-state index < -0.39 is 36.6 Å². The second kappa shape index (κ2) is 13.9. The Morgan fingerprint density at radius 1 is 0.930 bits per heavy atom. The van der Waals surface area contributed by atoms with Crippen molar-refractivity contribution in [3.63, 3.8) is 0 Å². The fourth-order valence-electron chi connectivity index (χ4n) is 3.94. The van der Waals surface area contributed by atoms with Crippen molar-refractivity contribution in [2.75, 3.05) is 23.3 Å². The van der Waals surface area contributed by atoms with Gasteiger partial charge in [0.15, 0.2) is 12.4 Å². The number of rotatable bonds is 11. The zero-order valence-corrected chi connectivity index (χ0v) is 23.9. The van der Waals surface area contributed by atoms with Crippen LogP contribution in [0.2, 0.25) is 0 Å². The van der Waals surface area contributed by atoms with Crippen molar-refractivity contribution in [2.45, 2.75) is 33.0 Å². The highest BCUT2D eigenvalue weighted by molar-refractivity contribution is 6.15. The Morgan fingerprint density at radius 3 is 2.40 bits per heavy atom. The average Bonchev–Trinajstić information content (AvgIpc) is 3.51. The minimum absolute atomic E-state index is 0.0718. The van der Waals surface area contributed by atoms with Gasteiger partial charge in [-0.3, -0.25) is 19.3 Å². The number of anilines is 2. The summed E-state index contributed by atoms with van der Waals surface area (Å²) in [5.41, 5.74) is 0.446. The van der Waals surface area contributed by atoms with E-state index in [-0.39, 0.29) is 23.6 Å². The van der Waals surface area contributed by atoms with Crippen LogP contribution in [0.1, 0.15) is 42.5 Å². The van der Waals surface area contributed by atoms with Gasteiger partial charge in [-0.2, -0.15) is 5.21 Å². The highest BCUT2D eigenvalue weighted by atomic mass is 16.6. The maximum Gasteiger partial charge on any atom is 0.326 e. The lowest BCUT2D eigenvalue weighted by atomic mass is 10.0. The van der Waals surface area contributed by atoms with Crippen molar-refractivity contribution in [1.29, 1.82) is 0 Å². The highest BCUT2D eigenvalue weighted by Crippen LogP contribution is 2.24. The summed E-state index contributed by atoms with van der Waals surface area (Å²) in [6.45, 7) is 4.25. The molecule has 1 aromatic heterocycles. The van der Waals surface area contributed by atoms with Gasteiger partial charge < -0.3 is 20.1 Å². The van der Waals surface area contributed by atoms with Crippen LogP contribution in [0, 0.1) is 0 Å². The predicted octanol–water partition coefficient (Wildman–Crippen LogP) is 3.51. The van der Waals surface area contributed by atoms with Crippen LogP contribution in [-0.2, 0) is 20.9 Å². The van der Waals surface area contributed by atoms with E-state index in [1.54, 1.807) is 99.6 Å². The number of H-pyrrole nitrogens is 1. The molecule has 0 aliphatic carbocycles. The normalized spacial score (nSPS) is 10.9. The fraction of sp³-hybridized carbons (Fsp3) is 0.233. The first-order valence-electron chi connectivity index (χ1n) is 13.3. The monoisotopic (exact) mass is 585 g/mol. The molecule has 1 heterocycles. The molecule has 0 unspecified atom stereocenters. The molecule has 43 heavy (non-hydrogen) atoms. The number of tetrazole rings is 1. The van der Waals surface area contributed by atoms with Crippen LogP contribution in [-0.4, -0.2) is 63.0 Å². The number of ketones is 1. The number of hydrogen-bond donors (Lipinski definition) is 3. The Morgan fingerprint density at radius 2 is 1.67 bits per heavy atom. The van der Waals surface area contributed by atoms with Crippen molar-refractivity contribution in [3.8, 4) is 5.75 Å². The number of nitrogens with zero attached hydrogens (tertiary/aromatic N) is 4. The lowest BCUT2D eigenvalue weighted by molar-refractivity contribution is -0.153. The summed E-state index contributed by atoms with van der Waals surface area (Å²) in [7, 11) is 0. The van der Waals surface area contributed by atoms with Gasteiger partial charge >= 0.3 is 12.0 Å². The first kappa shape index (κ1) is 30.4. The van der Waals surface area contributed by atoms with Crippen molar-refractivity contribution in [1.82, 2.24) is 25.9 Å². The van der Waals surface area contributed by atoms with E-state index in [4.69, 9.17) is 9.47 Å². The first-order valence-corrected chi connectivity index (χ1v) is 13.3. The summed E-state index contributed by atoms with van der Waals surface area (Å²) in [6.07, 6.45) is 0. The molecule has 3 amide bonds. The maximum absolute atomic E-state index is 13.5. The number of aromatic amines is 1. The predicted molar refractivity (Wildman–Crippen MR) is 156 cm³/mol. The van der Waals surface area contributed by atoms with Crippen LogP contribution in [0.3, 0.4) is 0 Å². The minimum Gasteiger partial charge on any atom is -0.485 e. The van der Waals surface area contributed by atoms with Crippen molar-refractivity contribution in [3.05, 3.63) is 95.8 Å². The van der Waals surface area contributed by atoms with Gasteiger partial charge in [0.1, 0.15) is 17.9 Å². The van der Waals surface area contributed by atoms with E-state index in [0.29, 0.717) is 22.8 Å². The number of nitrogens with one attached hydrogen (secondary N) is 3. The second-order valence-corrected chi connectivity index (χ2v) is 10.2. The molecule has 13 heteroatoms. The standard InChI is InChI=1S/C30H31N7O6/c1-30(2,3)43-27(39)18-37(24-15-8-7-14-23(24)28(40)20-10-5-4-6-11-20)26(38)17-31-29(41)32-21-12-9-13-22(16-21)42-19-25-33-35-36-34-25/h4-16H,17-19H2,1-3H3,(H2,31,32,41)(H,33,34,35,36). The Kier molecular flexibility index (Phi) is 9.78. The largest absolute Gasteiger partial charge is 0.485 e. The molecule has 0 spiro atoms. The smallest absolute Gasteiger partial charge is 0.326 e. The quantitative estimate of drug-likeness (QED) is 0.176. The van der Waals surface area contributed by atoms with E-state index in [0.717, 1.165) is 4.90 Å². The number of para-hydroxylation sites is 1. The summed E-state index contributed by atoms with van der Waals surface area (Å²) in [6, 6.07) is 21.0. The van der Waals surface area contributed by atoms with Crippen molar-refractivity contribution in [2.24, 2.45) is 0 Å². The summed E-state index contributed by atoms with van der Waals surface area (Å²) in [5.74, 6) is -0.832. The SMILES string of the molecule is CC(C)(C)OC(=O)CN(C(=O)CNC(=O)Nc1cccc(OCc2nn[nH]n2)c1)c1ccccc1C(=O)c1ccccc1. The molecule has 0 atom stereocenters. The number of carbonyl (C=O) groups is 4. The Balaban J connectivity index is 1.47. The van der Waals surface area contributed by atoms with Crippen LogP contribution in [0.25, 0.3) is 0 Å². The van der Waals surface area contributed by atoms with Crippen LogP contribution in [0.15, 0.2) is 78.9 Å². The maximum atomic E-state index is 13.5. The van der Waals surface area contributed by atoms with Crippen LogP contribution in [0.4, 0.5) is 16.2 Å². The summed E-state index contributed by atoms with van der Waals surface area (Å²) in [4.78, 5) is 53.5. The van der Waals surface area contributed by atoms with Gasteiger partial charge in [-0.15, -0.1) is 10.2 Å². The van der Waals surface area contributed by atoms with Gasteiger partial charge in [0.2, 0.25) is 11.7 Å². The molecule has 4 rings (SSSR count). The molecule has 0 aliphatic rings. The molecule has 13 nitrogen and oxygen atoms in total. The van der Waals surface area contributed by atoms with Crippen LogP contribution in [0.5, 0.6) is 5.75 Å². The van der Waals surface area contributed by atoms with Gasteiger partial charge in [0, 0.05) is 22.9 Å². The third-order valence-electron chi connectivity index (χ3n) is 5.73. The third kappa shape index (κ3) is 8.95. The summed E-state index contributed by atoms with van der Waals surface area (Å²) < 4.78 is 11.0. The molecule has 0 saturated carbocycles.